The van der Waals surface area contributed by atoms with Crippen LogP contribution >= 0.6 is 11.6 Å². The van der Waals surface area contributed by atoms with Gasteiger partial charge >= 0.3 is 0 Å². The molecule has 4 rings (SSSR count). The maximum absolute atomic E-state index is 12.6. The summed E-state index contributed by atoms with van der Waals surface area (Å²) in [5, 5.41) is 7.80. The Morgan fingerprint density at radius 3 is 2.85 bits per heavy atom. The van der Waals surface area contributed by atoms with E-state index in [4.69, 9.17) is 17.3 Å². The Hall–Kier alpha value is -2.38. The van der Waals surface area contributed by atoms with E-state index in [-0.39, 0.29) is 17.7 Å². The first kappa shape index (κ1) is 17.1. The van der Waals surface area contributed by atoms with Gasteiger partial charge in [0.15, 0.2) is 0 Å². The molecule has 2 aliphatic rings. The first-order valence-corrected chi connectivity index (χ1v) is 9.17. The summed E-state index contributed by atoms with van der Waals surface area (Å²) in [5.74, 6) is -0.378. The lowest BCUT2D eigenvalue weighted by Crippen LogP contribution is -2.42. The number of hydrazone groups is 1. The number of rotatable bonds is 3. The molecule has 2 aromatic rings. The van der Waals surface area contributed by atoms with Crippen molar-refractivity contribution in [2.75, 3.05) is 5.32 Å². The highest BCUT2D eigenvalue weighted by atomic mass is 35.5. The highest BCUT2D eigenvalue weighted by Gasteiger charge is 2.27. The average Bonchev–Trinajstić information content (AvgIpc) is 2.85. The van der Waals surface area contributed by atoms with Crippen LogP contribution in [0.4, 0.5) is 5.69 Å². The second kappa shape index (κ2) is 6.74. The van der Waals surface area contributed by atoms with Gasteiger partial charge in [-0.1, -0.05) is 30.9 Å². The maximum atomic E-state index is 12.6. The zero-order valence-electron chi connectivity index (χ0n) is 14.1. The number of H-pyrrole nitrogens is 1. The Labute approximate surface area is 155 Å². The number of nitrogens with zero attached hydrogens (tertiary/aromatic N) is 1. The van der Waals surface area contributed by atoms with E-state index in [1.165, 1.54) is 12.6 Å². The van der Waals surface area contributed by atoms with Gasteiger partial charge in [-0.15, -0.1) is 0 Å². The van der Waals surface area contributed by atoms with Crippen molar-refractivity contribution < 1.29 is 9.59 Å². The van der Waals surface area contributed by atoms with Crippen LogP contribution in [0, 0.1) is 5.92 Å². The number of aromatic amines is 1. The van der Waals surface area contributed by atoms with Gasteiger partial charge in [-0.2, -0.15) is 5.10 Å². The number of halogens is 1. The lowest BCUT2D eigenvalue weighted by Gasteiger charge is -2.26. The molecule has 1 aliphatic heterocycles. The van der Waals surface area contributed by atoms with Gasteiger partial charge in [-0.3, -0.25) is 9.59 Å². The van der Waals surface area contributed by atoms with E-state index in [0.29, 0.717) is 32.9 Å². The number of benzene rings is 1. The fourth-order valence-electron chi connectivity index (χ4n) is 3.85. The van der Waals surface area contributed by atoms with Gasteiger partial charge in [0.1, 0.15) is 5.15 Å². The third-order valence-corrected chi connectivity index (χ3v) is 5.52. The van der Waals surface area contributed by atoms with Crippen LogP contribution in [0.2, 0.25) is 5.15 Å². The first-order chi connectivity index (χ1) is 12.5. The van der Waals surface area contributed by atoms with Crippen molar-refractivity contribution in [1.82, 2.24) is 10.4 Å². The van der Waals surface area contributed by atoms with E-state index in [1.807, 2.05) is 0 Å². The number of hydrogen-bond acceptors (Lipinski definition) is 4. The van der Waals surface area contributed by atoms with Crippen LogP contribution in [0.5, 0.6) is 0 Å². The van der Waals surface area contributed by atoms with E-state index < -0.39 is 6.04 Å². The third kappa shape index (κ3) is 2.97. The number of hydrogen-bond donors (Lipinski definition) is 4. The summed E-state index contributed by atoms with van der Waals surface area (Å²) in [6, 6.07) is 2.84. The Balaban J connectivity index is 1.64. The fraction of sp³-hybridized carbons (Fsp3) is 0.389. The van der Waals surface area contributed by atoms with E-state index in [9.17, 15) is 9.59 Å². The summed E-state index contributed by atoms with van der Waals surface area (Å²) in [5.41, 5.74) is 10.8. The molecule has 0 radical (unpaired) electrons. The molecule has 0 saturated heterocycles. The number of nitrogens with two attached hydrogens (primary N) is 1. The van der Waals surface area contributed by atoms with Gasteiger partial charge < -0.3 is 16.0 Å². The molecule has 7 nitrogen and oxygen atoms in total. The normalized spacial score (nSPS) is 18.5. The Kier molecular flexibility index (Phi) is 4.42. The van der Waals surface area contributed by atoms with E-state index in [0.717, 1.165) is 25.7 Å². The molecule has 1 atom stereocenters. The zero-order chi connectivity index (χ0) is 18.3. The average molecular weight is 374 g/mol. The molecular weight excluding hydrogens is 354 g/mol. The predicted octanol–water partition coefficient (Wildman–Crippen LogP) is 2.74. The van der Waals surface area contributed by atoms with E-state index in [1.54, 1.807) is 12.1 Å². The van der Waals surface area contributed by atoms with Crippen LogP contribution in [-0.4, -0.2) is 29.1 Å². The van der Waals surface area contributed by atoms with Crippen LogP contribution in [0.3, 0.4) is 0 Å². The molecule has 1 aromatic heterocycles. The number of amides is 2. The summed E-state index contributed by atoms with van der Waals surface area (Å²) in [4.78, 5) is 27.9. The summed E-state index contributed by atoms with van der Waals surface area (Å²) in [6.45, 7) is 0. The SMILES string of the molecule is NC(C(=O)Nc1cc2c3c(c(Cl)[nH]c3c1)C=NNC2=O)C1CCCCC1. The Morgan fingerprint density at radius 1 is 1.31 bits per heavy atom. The molecule has 5 N–H and O–H groups in total. The molecule has 1 fully saturated rings. The standard InChI is InChI=1S/C18H20ClN5O2/c19-16-12-8-21-24-17(25)11-6-10(7-13(23-16)14(11)12)22-18(26)15(20)9-4-2-1-3-5-9/h6-9,15,23H,1-5,20H2,(H,22,26)(H,24,25). The zero-order valence-corrected chi connectivity index (χ0v) is 14.9. The van der Waals surface area contributed by atoms with Gasteiger partial charge in [0.25, 0.3) is 5.91 Å². The van der Waals surface area contributed by atoms with Gasteiger partial charge in [-0.25, -0.2) is 5.43 Å². The van der Waals surface area contributed by atoms with Crippen molar-refractivity contribution in [1.29, 1.82) is 0 Å². The molecule has 1 saturated carbocycles. The number of carbonyl (C=O) groups excluding carboxylic acids is 2. The summed E-state index contributed by atoms with van der Waals surface area (Å²) >= 11 is 6.21. The molecule has 0 spiro atoms. The highest BCUT2D eigenvalue weighted by Crippen LogP contribution is 2.32. The largest absolute Gasteiger partial charge is 0.345 e. The summed E-state index contributed by atoms with van der Waals surface area (Å²) < 4.78 is 0. The Bertz CT molecular complexity index is 914. The minimum Gasteiger partial charge on any atom is -0.345 e. The fourth-order valence-corrected chi connectivity index (χ4v) is 4.09. The minimum absolute atomic E-state index is 0.206. The van der Waals surface area contributed by atoms with E-state index in [2.05, 4.69) is 20.8 Å². The van der Waals surface area contributed by atoms with Crippen molar-refractivity contribution in [3.05, 3.63) is 28.4 Å². The predicted molar refractivity (Wildman–Crippen MR) is 102 cm³/mol. The smallest absolute Gasteiger partial charge is 0.272 e. The topological polar surface area (TPSA) is 112 Å². The number of anilines is 1. The van der Waals surface area contributed by atoms with Crippen LogP contribution < -0.4 is 16.5 Å². The summed E-state index contributed by atoms with van der Waals surface area (Å²) in [6.07, 6.45) is 6.91. The molecule has 8 heteroatoms. The number of carbonyl (C=O) groups is 2. The van der Waals surface area contributed by atoms with Crippen molar-refractivity contribution >= 4 is 46.2 Å². The van der Waals surface area contributed by atoms with Crippen molar-refractivity contribution in [2.45, 2.75) is 38.1 Å². The molecule has 26 heavy (non-hydrogen) atoms. The first-order valence-electron chi connectivity index (χ1n) is 8.79. The minimum atomic E-state index is -0.551. The van der Waals surface area contributed by atoms with Gasteiger partial charge in [-0.05, 0) is 30.9 Å². The lowest BCUT2D eigenvalue weighted by atomic mass is 9.84. The number of nitrogens with one attached hydrogen (secondary N) is 3. The molecule has 0 bridgehead atoms. The maximum Gasteiger partial charge on any atom is 0.272 e. The lowest BCUT2D eigenvalue weighted by molar-refractivity contribution is -0.118. The monoisotopic (exact) mass is 373 g/mol. The molecule has 1 aromatic carbocycles. The molecule has 1 aliphatic carbocycles. The third-order valence-electron chi connectivity index (χ3n) is 5.22. The van der Waals surface area contributed by atoms with E-state index >= 15 is 0 Å². The van der Waals surface area contributed by atoms with Gasteiger partial charge in [0, 0.05) is 16.6 Å². The summed E-state index contributed by atoms with van der Waals surface area (Å²) in [7, 11) is 0. The quantitative estimate of drug-likeness (QED) is 0.663. The Morgan fingerprint density at radius 2 is 2.08 bits per heavy atom. The molecule has 2 amide bonds. The van der Waals surface area contributed by atoms with Crippen LogP contribution in [-0.2, 0) is 4.79 Å². The number of aromatic nitrogens is 1. The molecule has 136 valence electrons. The van der Waals surface area contributed by atoms with Crippen LogP contribution in [0.25, 0.3) is 10.9 Å². The van der Waals surface area contributed by atoms with Crippen molar-refractivity contribution in [3.8, 4) is 0 Å². The van der Waals surface area contributed by atoms with Crippen LogP contribution in [0.15, 0.2) is 17.2 Å². The van der Waals surface area contributed by atoms with Crippen LogP contribution in [0.1, 0.15) is 48.0 Å². The van der Waals surface area contributed by atoms with Gasteiger partial charge in [0.05, 0.1) is 23.3 Å². The van der Waals surface area contributed by atoms with Crippen molar-refractivity contribution in [2.24, 2.45) is 16.8 Å². The molecule has 1 unspecified atom stereocenters. The van der Waals surface area contributed by atoms with Gasteiger partial charge in [0.2, 0.25) is 5.91 Å². The van der Waals surface area contributed by atoms with Crippen molar-refractivity contribution in [3.63, 3.8) is 0 Å². The molecule has 2 heterocycles. The second-order valence-electron chi connectivity index (χ2n) is 6.91. The second-order valence-corrected chi connectivity index (χ2v) is 7.29. The molecular formula is C18H20ClN5O2. The highest BCUT2D eigenvalue weighted by molar-refractivity contribution is 6.35.